The predicted octanol–water partition coefficient (Wildman–Crippen LogP) is 1.91. The third kappa shape index (κ3) is 4.28. The fourth-order valence-corrected chi connectivity index (χ4v) is 4.17. The lowest BCUT2D eigenvalue weighted by Crippen LogP contribution is -2.47. The van der Waals surface area contributed by atoms with Crippen molar-refractivity contribution in [1.82, 2.24) is 9.97 Å². The number of aliphatic hydroxyl groups excluding tert-OH is 1. The Hall–Kier alpha value is -2.45. The van der Waals surface area contributed by atoms with Gasteiger partial charge in [-0.3, -0.25) is 0 Å². The molecule has 29 heavy (non-hydrogen) atoms. The third-order valence-electron chi connectivity index (χ3n) is 5.81. The number of aliphatic hydroxyl groups is 1. The molecule has 4 rings (SSSR count). The van der Waals surface area contributed by atoms with Crippen molar-refractivity contribution in [2.75, 3.05) is 67.7 Å². The molecule has 0 amide bonds. The number of ether oxygens (including phenoxy) is 1. The van der Waals surface area contributed by atoms with Crippen LogP contribution in [0, 0.1) is 11.7 Å². The summed E-state index contributed by atoms with van der Waals surface area (Å²) >= 11 is 0. The third-order valence-corrected chi connectivity index (χ3v) is 5.81. The second-order valence-electron chi connectivity index (χ2n) is 7.68. The van der Waals surface area contributed by atoms with Gasteiger partial charge in [0.15, 0.2) is 5.82 Å². The topological polar surface area (TPSA) is 65.0 Å². The molecule has 0 bridgehead atoms. The zero-order valence-electron chi connectivity index (χ0n) is 16.8. The minimum Gasteiger partial charge on any atom is -0.392 e. The molecule has 2 aromatic rings. The van der Waals surface area contributed by atoms with E-state index in [4.69, 9.17) is 4.74 Å². The van der Waals surface area contributed by atoms with Crippen molar-refractivity contribution >= 4 is 17.3 Å². The van der Waals surface area contributed by atoms with Crippen LogP contribution in [0.4, 0.5) is 21.7 Å². The van der Waals surface area contributed by atoms with Gasteiger partial charge in [-0.05, 0) is 12.5 Å². The molecule has 0 radical (unpaired) electrons. The minimum atomic E-state index is -0.325. The van der Waals surface area contributed by atoms with Gasteiger partial charge in [-0.1, -0.05) is 12.1 Å². The average molecular weight is 401 g/mol. The van der Waals surface area contributed by atoms with Crippen molar-refractivity contribution in [2.24, 2.45) is 5.92 Å². The molecule has 0 saturated carbocycles. The maximum atomic E-state index is 14.5. The number of hydrogen-bond donors (Lipinski definition) is 1. The molecular weight excluding hydrogens is 373 g/mol. The van der Waals surface area contributed by atoms with Gasteiger partial charge in [-0.25, -0.2) is 14.4 Å². The highest BCUT2D eigenvalue weighted by molar-refractivity contribution is 5.53. The summed E-state index contributed by atoms with van der Waals surface area (Å²) in [7, 11) is 1.74. The highest BCUT2D eigenvalue weighted by atomic mass is 19.1. The maximum Gasteiger partial charge on any atom is 0.225 e. The van der Waals surface area contributed by atoms with Crippen LogP contribution in [0.3, 0.4) is 0 Å². The molecule has 1 N–H and O–H groups in total. The molecule has 7 nitrogen and oxygen atoms in total. The lowest BCUT2D eigenvalue weighted by atomic mass is 10.1. The number of halogens is 1. The summed E-state index contributed by atoms with van der Waals surface area (Å²) in [5, 5.41) is 9.28. The molecule has 2 aliphatic heterocycles. The first-order valence-electron chi connectivity index (χ1n) is 10.1. The molecule has 8 heteroatoms. The molecule has 2 aliphatic rings. The van der Waals surface area contributed by atoms with Gasteiger partial charge < -0.3 is 24.5 Å². The summed E-state index contributed by atoms with van der Waals surface area (Å²) in [4.78, 5) is 15.6. The van der Waals surface area contributed by atoms with Crippen LogP contribution in [0.15, 0.2) is 30.6 Å². The van der Waals surface area contributed by atoms with E-state index in [-0.39, 0.29) is 12.4 Å². The smallest absolute Gasteiger partial charge is 0.225 e. The minimum absolute atomic E-state index is 0.285. The molecule has 0 aliphatic carbocycles. The summed E-state index contributed by atoms with van der Waals surface area (Å²) in [6.45, 7) is 5.34. The van der Waals surface area contributed by atoms with Gasteiger partial charge in [0, 0.05) is 57.9 Å². The van der Waals surface area contributed by atoms with E-state index >= 15 is 0 Å². The predicted molar refractivity (Wildman–Crippen MR) is 111 cm³/mol. The standard InChI is InChI=1S/C21H28FN5O2/c1-29-15-16-5-6-27(13-16)21-23-11-18(12-24-21)25-7-9-26(10-8-25)19-4-2-3-17(14-28)20(19)22/h2-4,11-12,16,28H,5-10,13-15H2,1H3. The van der Waals surface area contributed by atoms with Crippen molar-refractivity contribution in [3.05, 3.63) is 42.0 Å². The summed E-state index contributed by atoms with van der Waals surface area (Å²) in [5.74, 6) is 0.989. The zero-order valence-corrected chi connectivity index (χ0v) is 16.8. The Balaban J connectivity index is 1.36. The van der Waals surface area contributed by atoms with Gasteiger partial charge >= 0.3 is 0 Å². The molecule has 2 saturated heterocycles. The first kappa shape index (κ1) is 19.8. The van der Waals surface area contributed by atoms with Crippen LogP contribution in [-0.4, -0.2) is 68.1 Å². The fraction of sp³-hybridized carbons (Fsp3) is 0.524. The van der Waals surface area contributed by atoms with Crippen molar-refractivity contribution in [2.45, 2.75) is 13.0 Å². The Morgan fingerprint density at radius 1 is 1.07 bits per heavy atom. The van der Waals surface area contributed by atoms with E-state index in [2.05, 4.69) is 19.8 Å². The van der Waals surface area contributed by atoms with Crippen LogP contribution in [0.25, 0.3) is 0 Å². The van der Waals surface area contributed by atoms with Crippen LogP contribution < -0.4 is 14.7 Å². The number of anilines is 3. The van der Waals surface area contributed by atoms with Crippen molar-refractivity contribution < 1.29 is 14.2 Å². The Morgan fingerprint density at radius 3 is 2.48 bits per heavy atom. The molecule has 1 unspecified atom stereocenters. The first-order valence-corrected chi connectivity index (χ1v) is 10.1. The van der Waals surface area contributed by atoms with E-state index in [9.17, 15) is 9.50 Å². The number of benzene rings is 1. The van der Waals surface area contributed by atoms with Gasteiger partial charge in [0.05, 0.1) is 37.0 Å². The lowest BCUT2D eigenvalue weighted by Gasteiger charge is -2.37. The van der Waals surface area contributed by atoms with Crippen molar-refractivity contribution in [3.8, 4) is 0 Å². The van der Waals surface area contributed by atoms with E-state index in [1.165, 1.54) is 0 Å². The van der Waals surface area contributed by atoms with Gasteiger partial charge in [-0.2, -0.15) is 0 Å². The van der Waals surface area contributed by atoms with E-state index < -0.39 is 0 Å². The first-order chi connectivity index (χ1) is 14.2. The number of aromatic nitrogens is 2. The van der Waals surface area contributed by atoms with Gasteiger partial charge in [-0.15, -0.1) is 0 Å². The monoisotopic (exact) mass is 401 g/mol. The summed E-state index contributed by atoms with van der Waals surface area (Å²) in [6, 6.07) is 5.18. The average Bonchev–Trinajstić information content (AvgIpc) is 3.23. The highest BCUT2D eigenvalue weighted by Crippen LogP contribution is 2.26. The van der Waals surface area contributed by atoms with Crippen molar-refractivity contribution in [1.29, 1.82) is 0 Å². The van der Waals surface area contributed by atoms with E-state index in [0.717, 1.165) is 50.8 Å². The van der Waals surface area contributed by atoms with Crippen LogP contribution >= 0.6 is 0 Å². The molecule has 3 heterocycles. The van der Waals surface area contributed by atoms with Crippen LogP contribution in [0.5, 0.6) is 0 Å². The quantitative estimate of drug-likeness (QED) is 0.793. The number of rotatable bonds is 6. The SMILES string of the molecule is COCC1CCN(c2ncc(N3CCN(c4cccc(CO)c4F)CC3)cn2)C1. The molecule has 2 fully saturated rings. The molecule has 0 spiro atoms. The summed E-state index contributed by atoms with van der Waals surface area (Å²) in [5.41, 5.74) is 1.89. The van der Waals surface area contributed by atoms with Gasteiger partial charge in [0.2, 0.25) is 5.95 Å². The van der Waals surface area contributed by atoms with E-state index in [0.29, 0.717) is 30.3 Å². The fourth-order valence-electron chi connectivity index (χ4n) is 4.17. The van der Waals surface area contributed by atoms with E-state index in [1.807, 2.05) is 17.3 Å². The Bertz CT molecular complexity index is 811. The van der Waals surface area contributed by atoms with E-state index in [1.54, 1.807) is 25.3 Å². The highest BCUT2D eigenvalue weighted by Gasteiger charge is 2.25. The Kier molecular flexibility index (Phi) is 6.10. The van der Waals surface area contributed by atoms with Crippen molar-refractivity contribution in [3.63, 3.8) is 0 Å². The molecular formula is C21H28FN5O2. The normalized spacial score (nSPS) is 19.8. The largest absolute Gasteiger partial charge is 0.392 e. The Labute approximate surface area is 170 Å². The van der Waals surface area contributed by atoms with Gasteiger partial charge in [0.1, 0.15) is 0 Å². The second-order valence-corrected chi connectivity index (χ2v) is 7.68. The second kappa shape index (κ2) is 8.92. The number of hydrogen-bond acceptors (Lipinski definition) is 7. The van der Waals surface area contributed by atoms with Crippen LogP contribution in [0.1, 0.15) is 12.0 Å². The summed E-state index contributed by atoms with van der Waals surface area (Å²) in [6.07, 6.45) is 4.87. The molecule has 1 aromatic heterocycles. The molecule has 156 valence electrons. The zero-order chi connectivity index (χ0) is 20.2. The maximum absolute atomic E-state index is 14.5. The Morgan fingerprint density at radius 2 is 1.79 bits per heavy atom. The molecule has 1 aromatic carbocycles. The number of nitrogens with zero attached hydrogens (tertiary/aromatic N) is 5. The number of piperazine rings is 1. The summed E-state index contributed by atoms with van der Waals surface area (Å²) < 4.78 is 19.8. The number of methoxy groups -OCH3 is 1. The lowest BCUT2D eigenvalue weighted by molar-refractivity contribution is 0.161. The van der Waals surface area contributed by atoms with Crippen LogP contribution in [-0.2, 0) is 11.3 Å². The molecule has 1 atom stereocenters. The van der Waals surface area contributed by atoms with Gasteiger partial charge in [0.25, 0.3) is 0 Å². The van der Waals surface area contributed by atoms with Crippen LogP contribution in [0.2, 0.25) is 0 Å².